The molecular formula is C29H35Cl2FN4O3. The Morgan fingerprint density at radius 2 is 1.74 bits per heavy atom. The molecule has 2 aromatic carbocycles. The number of amides is 1. The van der Waals surface area contributed by atoms with Gasteiger partial charge in [-0.1, -0.05) is 50.6 Å². The van der Waals surface area contributed by atoms with E-state index in [2.05, 4.69) is 15.6 Å². The van der Waals surface area contributed by atoms with Crippen molar-refractivity contribution in [3.8, 4) is 16.9 Å². The molecule has 4 rings (SSSR count). The van der Waals surface area contributed by atoms with Gasteiger partial charge in [-0.05, 0) is 50.2 Å². The second-order valence-corrected chi connectivity index (χ2v) is 11.5. The average molecular weight is 578 g/mol. The summed E-state index contributed by atoms with van der Waals surface area (Å²) in [5, 5.41) is 17.2. The molecule has 0 radical (unpaired) electrons. The zero-order chi connectivity index (χ0) is 27.8. The molecule has 3 aromatic rings. The molecule has 0 unspecified atom stereocenters. The molecule has 1 atom stereocenters. The summed E-state index contributed by atoms with van der Waals surface area (Å²) in [7, 11) is 0. The average Bonchev–Trinajstić information content (AvgIpc) is 2.87. The number of nitrogens with zero attached hydrogens (tertiary/aromatic N) is 1. The third-order valence-electron chi connectivity index (χ3n) is 7.25. The number of phenols is 1. The van der Waals surface area contributed by atoms with E-state index in [1.807, 2.05) is 45.0 Å². The van der Waals surface area contributed by atoms with Crippen molar-refractivity contribution >= 4 is 52.3 Å². The number of para-hydroxylation sites is 1. The summed E-state index contributed by atoms with van der Waals surface area (Å²) in [6.07, 6.45) is 4.72. The van der Waals surface area contributed by atoms with Gasteiger partial charge in [0.05, 0.1) is 22.3 Å². The minimum atomic E-state index is -0.918. The van der Waals surface area contributed by atoms with E-state index in [1.165, 1.54) is 6.92 Å². The van der Waals surface area contributed by atoms with E-state index in [4.69, 9.17) is 17.3 Å². The number of phenolic OH excluding ortho intramolecular Hbond substituents is 1. The van der Waals surface area contributed by atoms with Crippen LogP contribution in [-0.2, 0) is 4.79 Å². The Labute approximate surface area is 239 Å². The van der Waals surface area contributed by atoms with Crippen molar-refractivity contribution in [3.63, 3.8) is 0 Å². The van der Waals surface area contributed by atoms with Crippen molar-refractivity contribution in [2.24, 2.45) is 11.1 Å². The largest absolute Gasteiger partial charge is 0.504 e. The van der Waals surface area contributed by atoms with Gasteiger partial charge in [-0.25, -0.2) is 4.39 Å². The van der Waals surface area contributed by atoms with Gasteiger partial charge in [0.1, 0.15) is 0 Å². The van der Waals surface area contributed by atoms with Crippen molar-refractivity contribution < 1.29 is 19.1 Å². The summed E-state index contributed by atoms with van der Waals surface area (Å²) in [4.78, 5) is 29.7. The van der Waals surface area contributed by atoms with Gasteiger partial charge in [-0.15, -0.1) is 12.4 Å². The summed E-state index contributed by atoms with van der Waals surface area (Å²) in [5.41, 5.74) is 8.06. The Morgan fingerprint density at radius 1 is 1.13 bits per heavy atom. The maximum absolute atomic E-state index is 14.6. The molecule has 7 nitrogen and oxygen atoms in total. The first-order chi connectivity index (χ1) is 17.9. The number of anilines is 1. The van der Waals surface area contributed by atoms with Gasteiger partial charge in [-0.3, -0.25) is 14.6 Å². The van der Waals surface area contributed by atoms with E-state index < -0.39 is 23.4 Å². The van der Waals surface area contributed by atoms with Gasteiger partial charge in [0.25, 0.3) is 0 Å². The van der Waals surface area contributed by atoms with Crippen LogP contribution in [-0.4, -0.2) is 39.9 Å². The number of benzene rings is 2. The zero-order valence-electron chi connectivity index (χ0n) is 22.5. The predicted molar refractivity (Wildman–Crippen MR) is 156 cm³/mol. The van der Waals surface area contributed by atoms with Crippen molar-refractivity contribution in [2.45, 2.75) is 71.5 Å². The van der Waals surface area contributed by atoms with Gasteiger partial charge < -0.3 is 21.5 Å². The topological polar surface area (TPSA) is 117 Å². The lowest BCUT2D eigenvalue weighted by Gasteiger charge is -2.33. The van der Waals surface area contributed by atoms with E-state index >= 15 is 0 Å². The van der Waals surface area contributed by atoms with Crippen LogP contribution >= 0.6 is 24.0 Å². The fraction of sp³-hybridized carbons (Fsp3) is 0.414. The summed E-state index contributed by atoms with van der Waals surface area (Å²) < 4.78 is 14.6. The minimum Gasteiger partial charge on any atom is -0.504 e. The maximum atomic E-state index is 14.6. The first kappa shape index (κ1) is 30.6. The van der Waals surface area contributed by atoms with Crippen LogP contribution in [0.5, 0.6) is 5.75 Å². The molecule has 1 aliphatic carbocycles. The molecule has 0 bridgehead atoms. The lowest BCUT2D eigenvalue weighted by atomic mass is 9.85. The molecule has 1 aromatic heterocycles. The molecule has 5 N–H and O–H groups in total. The Balaban J connectivity index is 0.00000420. The smallest absolute Gasteiger partial charge is 0.237 e. The number of rotatable bonds is 6. The Morgan fingerprint density at radius 3 is 2.36 bits per heavy atom. The molecule has 1 fully saturated rings. The number of aromatic nitrogens is 1. The number of carbonyl (C=O) groups excluding carboxylic acids is 2. The quantitative estimate of drug-likeness (QED) is 0.258. The maximum Gasteiger partial charge on any atom is 0.237 e. The number of nitrogens with two attached hydrogens (primary N) is 1. The second-order valence-electron chi connectivity index (χ2n) is 11.1. The Bertz CT molecular complexity index is 1390. The molecule has 39 heavy (non-hydrogen) atoms. The fourth-order valence-electron chi connectivity index (χ4n) is 4.94. The van der Waals surface area contributed by atoms with Crippen LogP contribution < -0.4 is 16.4 Å². The van der Waals surface area contributed by atoms with E-state index in [1.54, 1.807) is 6.20 Å². The molecule has 0 spiro atoms. The minimum absolute atomic E-state index is 0. The van der Waals surface area contributed by atoms with E-state index in [0.717, 1.165) is 42.7 Å². The number of hydrogen-bond donors (Lipinski definition) is 4. The molecule has 1 amide bonds. The summed E-state index contributed by atoms with van der Waals surface area (Å²) in [6, 6.07) is 8.22. The van der Waals surface area contributed by atoms with Gasteiger partial charge >= 0.3 is 0 Å². The molecule has 1 heterocycles. The van der Waals surface area contributed by atoms with Crippen molar-refractivity contribution in [1.82, 2.24) is 10.3 Å². The summed E-state index contributed by atoms with van der Waals surface area (Å²) in [5.74, 6) is -2.21. The number of Topliss-reactive ketones (excluding diaryl/α,β-unsaturated/α-hetero) is 1. The van der Waals surface area contributed by atoms with E-state index in [-0.39, 0.29) is 52.0 Å². The molecule has 0 aliphatic heterocycles. The lowest BCUT2D eigenvalue weighted by molar-refractivity contribution is -0.125. The molecule has 210 valence electrons. The zero-order valence-corrected chi connectivity index (χ0v) is 24.0. The van der Waals surface area contributed by atoms with Gasteiger partial charge in [0.2, 0.25) is 5.91 Å². The van der Waals surface area contributed by atoms with Crippen LogP contribution in [0, 0.1) is 11.2 Å². The second kappa shape index (κ2) is 12.1. The molecule has 1 saturated carbocycles. The number of ketones is 1. The number of fused-ring (bicyclic) bond motifs is 1. The third-order valence-corrected chi connectivity index (χ3v) is 7.62. The van der Waals surface area contributed by atoms with Crippen molar-refractivity contribution in [1.29, 1.82) is 0 Å². The van der Waals surface area contributed by atoms with Gasteiger partial charge in [0.15, 0.2) is 17.3 Å². The lowest BCUT2D eigenvalue weighted by Crippen LogP contribution is -2.52. The number of nitrogens with one attached hydrogen (secondary N) is 2. The highest BCUT2D eigenvalue weighted by atomic mass is 35.5. The van der Waals surface area contributed by atoms with E-state index in [0.29, 0.717) is 11.3 Å². The number of pyridine rings is 1. The van der Waals surface area contributed by atoms with Crippen LogP contribution in [0.15, 0.2) is 36.5 Å². The Kier molecular flexibility index (Phi) is 9.47. The normalized spacial score (nSPS) is 18.2. The van der Waals surface area contributed by atoms with E-state index in [9.17, 15) is 19.1 Å². The first-order valence-corrected chi connectivity index (χ1v) is 13.2. The van der Waals surface area contributed by atoms with Crippen LogP contribution in [0.25, 0.3) is 22.0 Å². The van der Waals surface area contributed by atoms with Crippen LogP contribution in [0.2, 0.25) is 5.02 Å². The van der Waals surface area contributed by atoms with Gasteiger partial charge in [-0.2, -0.15) is 0 Å². The monoisotopic (exact) mass is 576 g/mol. The molecular weight excluding hydrogens is 542 g/mol. The standard InChI is InChI=1S/C29H34ClFN4O3.ClH/c1-15(36)23-19(13-21(31)26(37)24(23)30)20-14-33-22-8-6-5-7-18(22)25(20)34-16-9-11-17(12-10-16)35-28(38)27(32)29(2,3)4;/h5-8,13-14,16-17,27,37H,9-12,32H2,1-4H3,(H,33,34)(H,35,38);1H/t16?,17?,27-;/m1./s1. The third kappa shape index (κ3) is 6.45. The highest BCUT2D eigenvalue weighted by molar-refractivity contribution is 6.36. The highest BCUT2D eigenvalue weighted by Gasteiger charge is 2.31. The number of carbonyl (C=O) groups is 2. The van der Waals surface area contributed by atoms with Crippen LogP contribution in [0.1, 0.15) is 63.7 Å². The summed E-state index contributed by atoms with van der Waals surface area (Å²) in [6.45, 7) is 7.16. The number of halogens is 3. The first-order valence-electron chi connectivity index (χ1n) is 12.8. The number of hydrogen-bond acceptors (Lipinski definition) is 6. The Hall–Kier alpha value is -2.94. The summed E-state index contributed by atoms with van der Waals surface area (Å²) >= 11 is 6.22. The van der Waals surface area contributed by atoms with Crippen LogP contribution in [0.3, 0.4) is 0 Å². The highest BCUT2D eigenvalue weighted by Crippen LogP contribution is 2.42. The van der Waals surface area contributed by atoms with Crippen molar-refractivity contribution in [2.75, 3.05) is 5.32 Å². The van der Waals surface area contributed by atoms with Crippen LogP contribution in [0.4, 0.5) is 10.1 Å². The molecule has 10 heteroatoms. The number of aromatic hydroxyl groups is 1. The molecule has 0 saturated heterocycles. The molecule has 1 aliphatic rings. The fourth-order valence-corrected chi connectivity index (χ4v) is 5.26. The predicted octanol–water partition coefficient (Wildman–Crippen LogP) is 6.24. The SMILES string of the molecule is CC(=O)c1c(-c2cnc3ccccc3c2NC2CCC(NC(=O)[C@@H](N)C(C)(C)C)CC2)cc(F)c(O)c1Cl.Cl. The van der Waals surface area contributed by atoms with Gasteiger partial charge in [0, 0.05) is 40.4 Å². The van der Waals surface area contributed by atoms with Crippen molar-refractivity contribution in [3.05, 3.63) is 52.9 Å².